The van der Waals surface area contributed by atoms with E-state index in [1.807, 2.05) is 78.9 Å². The molecule has 0 aliphatic heterocycles. The molecular weight excluding hydrogens is 564 g/mol. The van der Waals surface area contributed by atoms with E-state index in [2.05, 4.69) is 26.6 Å². The van der Waals surface area contributed by atoms with Gasteiger partial charge in [-0.2, -0.15) is 0 Å². The number of halogens is 1. The van der Waals surface area contributed by atoms with Crippen molar-refractivity contribution in [1.29, 1.82) is 0 Å². The maximum Gasteiger partial charge on any atom is 0.407 e. The highest BCUT2D eigenvalue weighted by Gasteiger charge is 2.31. The van der Waals surface area contributed by atoms with Crippen molar-refractivity contribution < 1.29 is 29.0 Å². The van der Waals surface area contributed by atoms with E-state index in [4.69, 9.17) is 4.74 Å². The Labute approximate surface area is 234 Å². The van der Waals surface area contributed by atoms with Crippen LogP contribution in [0.3, 0.4) is 0 Å². The molecule has 0 spiro atoms. The molecule has 2 atom stereocenters. The van der Waals surface area contributed by atoms with Gasteiger partial charge in [-0.3, -0.25) is 9.59 Å². The van der Waals surface area contributed by atoms with Crippen LogP contribution < -0.4 is 10.6 Å². The Kier molecular flexibility index (Phi) is 9.49. The number of carbonyl (C=O) groups is 4. The van der Waals surface area contributed by atoms with Gasteiger partial charge in [0.25, 0.3) is 0 Å². The summed E-state index contributed by atoms with van der Waals surface area (Å²) in [5.74, 6) is -2.25. The van der Waals surface area contributed by atoms with Crippen molar-refractivity contribution in [1.82, 2.24) is 10.6 Å². The van der Waals surface area contributed by atoms with Crippen molar-refractivity contribution >= 4 is 39.7 Å². The Balaban J connectivity index is 1.45. The third kappa shape index (κ3) is 7.11. The van der Waals surface area contributed by atoms with Gasteiger partial charge < -0.3 is 20.5 Å². The van der Waals surface area contributed by atoms with Gasteiger partial charge in [0.05, 0.1) is 5.33 Å². The molecule has 0 aromatic heterocycles. The fraction of sp³-hybridized carbons (Fsp3) is 0.267. The normalized spacial score (nSPS) is 13.5. The molecule has 0 fully saturated rings. The van der Waals surface area contributed by atoms with E-state index in [0.29, 0.717) is 0 Å². The van der Waals surface area contributed by atoms with Crippen LogP contribution in [0.25, 0.3) is 11.1 Å². The Bertz CT molecular complexity index is 1300. The Morgan fingerprint density at radius 1 is 0.821 bits per heavy atom. The molecule has 0 saturated carbocycles. The molecule has 2 unspecified atom stereocenters. The molecule has 202 valence electrons. The van der Waals surface area contributed by atoms with Crippen molar-refractivity contribution in [2.45, 2.75) is 37.3 Å². The summed E-state index contributed by atoms with van der Waals surface area (Å²) >= 11 is 3.05. The third-order valence-corrected chi connectivity index (χ3v) is 7.34. The number of Topliss-reactive ketones (excluding diaryl/α,β-unsaturated/α-hetero) is 1. The first kappa shape index (κ1) is 28.0. The second-order valence-corrected chi connectivity index (χ2v) is 9.88. The topological polar surface area (TPSA) is 122 Å². The number of carbonyl (C=O) groups excluding carboxylic acids is 3. The number of aliphatic carboxylic acids is 1. The maximum absolute atomic E-state index is 13.2. The van der Waals surface area contributed by atoms with E-state index in [1.54, 1.807) is 0 Å². The predicted octanol–water partition coefficient (Wildman–Crippen LogP) is 4.45. The van der Waals surface area contributed by atoms with Gasteiger partial charge in [-0.05, 0) is 34.2 Å². The van der Waals surface area contributed by atoms with Crippen molar-refractivity contribution in [3.63, 3.8) is 0 Å². The smallest absolute Gasteiger partial charge is 0.407 e. The van der Waals surface area contributed by atoms with Crippen LogP contribution in [0.5, 0.6) is 0 Å². The molecule has 0 bridgehead atoms. The summed E-state index contributed by atoms with van der Waals surface area (Å²) < 4.78 is 5.61. The highest BCUT2D eigenvalue weighted by molar-refractivity contribution is 9.09. The standard InChI is InChI=1S/C30H29BrN2O6/c31-17-20(34)14-15-26(29(36)37)32-28(35)27(16-19-8-2-1-3-9-19)33-30(38)39-18-25-23-12-6-4-10-21(23)22-11-5-7-13-24(22)25/h1-13,25-27H,14-18H2,(H,32,35)(H,33,38)(H,36,37). The lowest BCUT2D eigenvalue weighted by Gasteiger charge is -2.22. The highest BCUT2D eigenvalue weighted by atomic mass is 79.9. The number of alkyl halides is 1. The van der Waals surface area contributed by atoms with Crippen LogP contribution in [0.4, 0.5) is 4.79 Å². The summed E-state index contributed by atoms with van der Waals surface area (Å²) in [5.41, 5.74) is 5.10. The largest absolute Gasteiger partial charge is 0.480 e. The minimum absolute atomic E-state index is 0.00828. The van der Waals surface area contributed by atoms with Crippen molar-refractivity contribution in [3.05, 3.63) is 95.6 Å². The lowest BCUT2D eigenvalue weighted by Crippen LogP contribution is -2.52. The van der Waals surface area contributed by atoms with E-state index in [0.717, 1.165) is 27.8 Å². The van der Waals surface area contributed by atoms with Crippen LogP contribution in [0, 0.1) is 0 Å². The van der Waals surface area contributed by atoms with Crippen LogP contribution in [-0.4, -0.2) is 52.9 Å². The average Bonchev–Trinajstić information content (AvgIpc) is 3.27. The molecule has 9 heteroatoms. The molecule has 0 saturated heterocycles. The molecule has 8 nitrogen and oxygen atoms in total. The quantitative estimate of drug-likeness (QED) is 0.267. The van der Waals surface area contributed by atoms with E-state index in [9.17, 15) is 24.3 Å². The number of benzene rings is 3. The first-order valence-corrected chi connectivity index (χ1v) is 13.8. The van der Waals surface area contributed by atoms with Gasteiger partial charge in [0, 0.05) is 18.8 Å². The third-order valence-electron chi connectivity index (χ3n) is 6.71. The van der Waals surface area contributed by atoms with Crippen molar-refractivity contribution in [3.8, 4) is 11.1 Å². The minimum Gasteiger partial charge on any atom is -0.480 e. The van der Waals surface area contributed by atoms with E-state index < -0.39 is 30.1 Å². The number of hydrogen-bond donors (Lipinski definition) is 3. The molecule has 1 aliphatic rings. The molecule has 3 aromatic carbocycles. The molecule has 0 radical (unpaired) electrons. The zero-order valence-electron chi connectivity index (χ0n) is 21.1. The van der Waals surface area contributed by atoms with Gasteiger partial charge in [-0.15, -0.1) is 0 Å². The monoisotopic (exact) mass is 592 g/mol. The Hall–Kier alpha value is -3.98. The second kappa shape index (κ2) is 13.2. The van der Waals surface area contributed by atoms with Gasteiger partial charge in [0.2, 0.25) is 5.91 Å². The molecule has 3 N–H and O–H groups in total. The molecule has 2 amide bonds. The Morgan fingerprint density at radius 2 is 1.41 bits per heavy atom. The molecule has 4 rings (SSSR count). The molecule has 39 heavy (non-hydrogen) atoms. The lowest BCUT2D eigenvalue weighted by atomic mass is 9.98. The zero-order valence-corrected chi connectivity index (χ0v) is 22.7. The minimum atomic E-state index is -1.27. The van der Waals surface area contributed by atoms with Crippen LogP contribution in [0.2, 0.25) is 0 Å². The number of alkyl carbamates (subject to hydrolysis) is 1. The van der Waals surface area contributed by atoms with Crippen molar-refractivity contribution in [2.75, 3.05) is 11.9 Å². The fourth-order valence-electron chi connectivity index (χ4n) is 4.74. The first-order valence-electron chi connectivity index (χ1n) is 12.6. The van der Waals surface area contributed by atoms with Crippen LogP contribution in [-0.2, 0) is 25.5 Å². The number of ether oxygens (including phenoxy) is 1. The number of carboxylic acid groups (broad SMARTS) is 1. The van der Waals surface area contributed by atoms with Crippen LogP contribution in [0.1, 0.15) is 35.4 Å². The van der Waals surface area contributed by atoms with Crippen LogP contribution >= 0.6 is 15.9 Å². The van der Waals surface area contributed by atoms with Gasteiger partial charge in [-0.1, -0.05) is 94.8 Å². The van der Waals surface area contributed by atoms with Gasteiger partial charge in [0.1, 0.15) is 24.5 Å². The van der Waals surface area contributed by atoms with Gasteiger partial charge in [-0.25, -0.2) is 9.59 Å². The van der Waals surface area contributed by atoms with Crippen LogP contribution in [0.15, 0.2) is 78.9 Å². The molecular formula is C30H29BrN2O6. The first-order chi connectivity index (χ1) is 18.9. The summed E-state index contributed by atoms with van der Waals surface area (Å²) in [7, 11) is 0. The number of ketones is 1. The summed E-state index contributed by atoms with van der Waals surface area (Å²) in [6.07, 6.45) is -0.724. The summed E-state index contributed by atoms with van der Waals surface area (Å²) in [6, 6.07) is 22.6. The van der Waals surface area contributed by atoms with E-state index in [-0.39, 0.29) is 42.9 Å². The molecule has 0 heterocycles. The average molecular weight is 593 g/mol. The predicted molar refractivity (Wildman–Crippen MR) is 150 cm³/mol. The maximum atomic E-state index is 13.2. The fourth-order valence-corrected chi connectivity index (χ4v) is 5.02. The second-order valence-electron chi connectivity index (χ2n) is 9.32. The number of hydrogen-bond acceptors (Lipinski definition) is 5. The summed E-state index contributed by atoms with van der Waals surface area (Å²) in [5, 5.41) is 14.8. The SMILES string of the molecule is O=C(CBr)CCC(NC(=O)C(Cc1ccccc1)NC(=O)OCC1c2ccccc2-c2ccccc21)C(=O)O. The van der Waals surface area contributed by atoms with Crippen molar-refractivity contribution in [2.24, 2.45) is 0 Å². The summed E-state index contributed by atoms with van der Waals surface area (Å²) in [6.45, 7) is 0.0753. The number of carboxylic acids is 1. The van der Waals surface area contributed by atoms with E-state index >= 15 is 0 Å². The number of amides is 2. The van der Waals surface area contributed by atoms with Gasteiger partial charge >= 0.3 is 12.1 Å². The highest BCUT2D eigenvalue weighted by Crippen LogP contribution is 2.44. The molecule has 1 aliphatic carbocycles. The lowest BCUT2D eigenvalue weighted by molar-refractivity contribution is -0.142. The zero-order chi connectivity index (χ0) is 27.8. The molecule has 3 aromatic rings. The Morgan fingerprint density at radius 3 is 2.00 bits per heavy atom. The van der Waals surface area contributed by atoms with E-state index in [1.165, 1.54) is 0 Å². The summed E-state index contributed by atoms with van der Waals surface area (Å²) in [4.78, 5) is 49.5. The number of nitrogens with one attached hydrogen (secondary N) is 2. The number of fused-ring (bicyclic) bond motifs is 3. The van der Waals surface area contributed by atoms with Gasteiger partial charge in [0.15, 0.2) is 0 Å². The number of rotatable bonds is 12.